The van der Waals surface area contributed by atoms with Crippen LogP contribution in [0, 0.1) is 0 Å². The van der Waals surface area contributed by atoms with Gasteiger partial charge in [-0.3, -0.25) is 19.2 Å². The first-order chi connectivity index (χ1) is 23.3. The van der Waals surface area contributed by atoms with E-state index in [0.29, 0.717) is 19.3 Å². The molecular formula is C32H44N8O8S. The predicted molar refractivity (Wildman–Crippen MR) is 182 cm³/mol. The monoisotopic (exact) mass is 700 g/mol. The Labute approximate surface area is 285 Å². The number of carbonyl (C=O) groups excluding carboxylic acids is 4. The van der Waals surface area contributed by atoms with Crippen molar-refractivity contribution in [1.29, 1.82) is 0 Å². The van der Waals surface area contributed by atoms with Gasteiger partial charge in [0.05, 0.1) is 17.1 Å². The minimum atomic E-state index is -4.00. The Balaban J connectivity index is 1.57. The van der Waals surface area contributed by atoms with E-state index in [1.807, 2.05) is 0 Å². The third kappa shape index (κ3) is 11.9. The zero-order chi connectivity index (χ0) is 36.0. The Bertz CT molecular complexity index is 1630. The maximum absolute atomic E-state index is 13.1. The van der Waals surface area contributed by atoms with Gasteiger partial charge < -0.3 is 37.8 Å². The molecule has 9 N–H and O–H groups in total. The van der Waals surface area contributed by atoms with Crippen molar-refractivity contribution in [1.82, 2.24) is 20.3 Å². The lowest BCUT2D eigenvalue weighted by Crippen LogP contribution is -2.54. The van der Waals surface area contributed by atoms with E-state index >= 15 is 0 Å². The Morgan fingerprint density at radius 2 is 1.69 bits per heavy atom. The third-order valence-electron chi connectivity index (χ3n) is 7.61. The number of anilines is 1. The van der Waals surface area contributed by atoms with E-state index in [2.05, 4.69) is 33.2 Å². The summed E-state index contributed by atoms with van der Waals surface area (Å²) in [5, 5.41) is 19.5. The Morgan fingerprint density at radius 3 is 2.37 bits per heavy atom. The lowest BCUT2D eigenvalue weighted by atomic mass is 10.1. The number of aliphatic imine (C=N–C) groups is 1. The van der Waals surface area contributed by atoms with E-state index in [-0.39, 0.29) is 46.7 Å². The number of sulfonamides is 1. The number of nitrogens with two attached hydrogens (primary N) is 2. The van der Waals surface area contributed by atoms with Crippen LogP contribution in [0.1, 0.15) is 68.6 Å². The van der Waals surface area contributed by atoms with Crippen molar-refractivity contribution in [2.45, 2.75) is 75.3 Å². The Kier molecular flexibility index (Phi) is 14.5. The highest BCUT2D eigenvalue weighted by Crippen LogP contribution is 2.26. The zero-order valence-corrected chi connectivity index (χ0v) is 28.1. The molecule has 2 aromatic rings. The molecule has 1 heterocycles. The number of carboxylic acids is 1. The average molecular weight is 701 g/mol. The smallest absolute Gasteiger partial charge is 0.328 e. The molecule has 0 saturated carbocycles. The van der Waals surface area contributed by atoms with Crippen LogP contribution >= 0.6 is 0 Å². The van der Waals surface area contributed by atoms with Crippen molar-refractivity contribution in [2.75, 3.05) is 25.0 Å². The van der Waals surface area contributed by atoms with Crippen molar-refractivity contribution < 1.29 is 37.5 Å². The maximum atomic E-state index is 13.1. The molecule has 1 aliphatic heterocycles. The summed E-state index contributed by atoms with van der Waals surface area (Å²) in [6, 6.07) is 9.12. The number of unbranched alkanes of at least 4 members (excludes halogenated alkanes) is 4. The molecule has 1 aliphatic rings. The summed E-state index contributed by atoms with van der Waals surface area (Å²) >= 11 is 0. The van der Waals surface area contributed by atoms with Gasteiger partial charge in [-0.1, -0.05) is 50.8 Å². The molecule has 0 spiro atoms. The van der Waals surface area contributed by atoms with Crippen LogP contribution in [0.5, 0.6) is 0 Å². The first kappa shape index (κ1) is 38.4. The molecule has 0 aromatic heterocycles. The van der Waals surface area contributed by atoms with Crippen molar-refractivity contribution in [3.05, 3.63) is 54.1 Å². The second-order valence-electron chi connectivity index (χ2n) is 11.5. The highest BCUT2D eigenvalue weighted by molar-refractivity contribution is 7.89. The van der Waals surface area contributed by atoms with Crippen molar-refractivity contribution >= 4 is 57.0 Å². The van der Waals surface area contributed by atoms with Gasteiger partial charge in [0.15, 0.2) is 5.96 Å². The van der Waals surface area contributed by atoms with Gasteiger partial charge in [0.1, 0.15) is 12.1 Å². The number of nitrogens with zero attached hydrogens (tertiary/aromatic N) is 2. The standard InChI is InChI=1S/C32H44N8O8S/c1-2-3-4-5-9-14-27(41)37-22-16-21(17-23(18-22)38-32(33)34)29(43)36-20-28(42)35-19-25(31(45)46)39-30(44)26-13-10-15-40(26)49(47,48)24-11-7-6-8-12-24/h6-8,11-12,16-18,25-26H,2-5,9-10,13-15,19-20H2,1H3,(H,35,42)(H,36,43)(H,37,41)(H,39,44)(H,45,46)(H4,33,34,38)/t25-,26+/m1/s1. The molecule has 0 aliphatic carbocycles. The number of rotatable bonds is 18. The van der Waals surface area contributed by atoms with Crippen LogP contribution in [0.4, 0.5) is 11.4 Å². The molecule has 0 bridgehead atoms. The molecule has 0 radical (unpaired) electrons. The van der Waals surface area contributed by atoms with E-state index in [0.717, 1.165) is 30.0 Å². The number of amides is 4. The maximum Gasteiger partial charge on any atom is 0.328 e. The van der Waals surface area contributed by atoms with Gasteiger partial charge in [-0.05, 0) is 49.6 Å². The molecule has 4 amide bonds. The van der Waals surface area contributed by atoms with Gasteiger partial charge >= 0.3 is 5.97 Å². The van der Waals surface area contributed by atoms with Gasteiger partial charge in [-0.25, -0.2) is 18.2 Å². The van der Waals surface area contributed by atoms with E-state index in [1.165, 1.54) is 30.3 Å². The van der Waals surface area contributed by atoms with E-state index in [9.17, 15) is 37.5 Å². The average Bonchev–Trinajstić information content (AvgIpc) is 3.57. The van der Waals surface area contributed by atoms with E-state index < -0.39 is 58.9 Å². The topological polar surface area (TPSA) is 255 Å². The highest BCUT2D eigenvalue weighted by atomic mass is 32.2. The van der Waals surface area contributed by atoms with Crippen LogP contribution in [-0.2, 0) is 29.2 Å². The van der Waals surface area contributed by atoms with Crippen LogP contribution in [0.15, 0.2) is 58.4 Å². The zero-order valence-electron chi connectivity index (χ0n) is 27.3. The summed E-state index contributed by atoms with van der Waals surface area (Å²) in [6.07, 6.45) is 5.74. The van der Waals surface area contributed by atoms with E-state index in [4.69, 9.17) is 11.5 Å². The normalized spacial score (nSPS) is 15.1. The minimum Gasteiger partial charge on any atom is -0.480 e. The number of benzene rings is 2. The van der Waals surface area contributed by atoms with Crippen molar-refractivity contribution in [2.24, 2.45) is 16.5 Å². The molecular weight excluding hydrogens is 656 g/mol. The summed E-state index contributed by atoms with van der Waals surface area (Å²) in [5.41, 5.74) is 11.5. The molecule has 266 valence electrons. The number of guanidine groups is 1. The largest absolute Gasteiger partial charge is 0.480 e. The quantitative estimate of drug-likeness (QED) is 0.0663. The van der Waals surface area contributed by atoms with Crippen LogP contribution in [0.3, 0.4) is 0 Å². The fourth-order valence-corrected chi connectivity index (χ4v) is 6.84. The lowest BCUT2D eigenvalue weighted by molar-refractivity contribution is -0.142. The number of carbonyl (C=O) groups is 5. The lowest BCUT2D eigenvalue weighted by Gasteiger charge is -2.25. The SMILES string of the molecule is CCCCCCCC(=O)Nc1cc(N=C(N)N)cc(C(=O)NCC(=O)NC[C@@H](NC(=O)[C@@H]2CCCN2S(=O)(=O)c2ccccc2)C(=O)O)c1. The summed E-state index contributed by atoms with van der Waals surface area (Å²) < 4.78 is 27.3. The second kappa shape index (κ2) is 18.5. The van der Waals surface area contributed by atoms with Crippen molar-refractivity contribution in [3.63, 3.8) is 0 Å². The Morgan fingerprint density at radius 1 is 0.980 bits per heavy atom. The first-order valence-corrected chi connectivity index (χ1v) is 17.4. The molecule has 1 fully saturated rings. The molecule has 16 nitrogen and oxygen atoms in total. The molecule has 2 aromatic carbocycles. The van der Waals surface area contributed by atoms with Gasteiger partial charge in [0, 0.05) is 30.8 Å². The summed E-state index contributed by atoms with van der Waals surface area (Å²) in [6.45, 7) is 1.09. The summed E-state index contributed by atoms with van der Waals surface area (Å²) in [5.74, 6) is -4.26. The minimum absolute atomic E-state index is 0.0101. The number of nitrogens with one attached hydrogen (secondary N) is 4. The molecule has 3 rings (SSSR count). The van der Waals surface area contributed by atoms with Crippen LogP contribution < -0.4 is 32.7 Å². The molecule has 0 unspecified atom stereocenters. The van der Waals surface area contributed by atoms with Gasteiger partial charge in [0.25, 0.3) is 5.91 Å². The van der Waals surface area contributed by atoms with Crippen LogP contribution in [0.25, 0.3) is 0 Å². The fourth-order valence-electron chi connectivity index (χ4n) is 5.17. The number of hydrogen-bond donors (Lipinski definition) is 7. The molecule has 2 atom stereocenters. The Hall–Kier alpha value is -5.03. The third-order valence-corrected chi connectivity index (χ3v) is 9.54. The van der Waals surface area contributed by atoms with Gasteiger partial charge in [-0.15, -0.1) is 0 Å². The number of carboxylic acid groups (broad SMARTS) is 1. The fraction of sp³-hybridized carbons (Fsp3) is 0.438. The number of hydrogen-bond acceptors (Lipinski definition) is 8. The molecule has 49 heavy (non-hydrogen) atoms. The van der Waals surface area contributed by atoms with Crippen LogP contribution in [-0.4, -0.2) is 85.1 Å². The van der Waals surface area contributed by atoms with Gasteiger partial charge in [0.2, 0.25) is 27.7 Å². The van der Waals surface area contributed by atoms with Gasteiger partial charge in [-0.2, -0.15) is 4.31 Å². The number of aliphatic carboxylic acids is 1. The summed E-state index contributed by atoms with van der Waals surface area (Å²) in [4.78, 5) is 66.8. The van der Waals surface area contributed by atoms with Crippen LogP contribution in [0.2, 0.25) is 0 Å². The molecule has 17 heteroatoms. The van der Waals surface area contributed by atoms with Crippen molar-refractivity contribution in [3.8, 4) is 0 Å². The van der Waals surface area contributed by atoms with E-state index in [1.54, 1.807) is 18.2 Å². The predicted octanol–water partition coefficient (Wildman–Crippen LogP) is 1.16. The highest BCUT2D eigenvalue weighted by Gasteiger charge is 2.40. The first-order valence-electron chi connectivity index (χ1n) is 16.0. The summed E-state index contributed by atoms with van der Waals surface area (Å²) in [7, 11) is -4.00. The molecule has 1 saturated heterocycles. The second-order valence-corrected chi connectivity index (χ2v) is 13.4.